The molecule has 156 valence electrons. The van der Waals surface area contributed by atoms with Gasteiger partial charge in [0.05, 0.1) is 11.3 Å². The maximum absolute atomic E-state index is 12.7. The molecule has 2 aromatic rings. The molecule has 3 rings (SSSR count). The molecule has 0 bridgehead atoms. The number of nitrogens with one attached hydrogen (secondary N) is 3. The molecule has 1 aromatic carbocycles. The lowest BCUT2D eigenvalue weighted by Crippen LogP contribution is -2.41. The number of anilines is 2. The quantitative estimate of drug-likeness (QED) is 0.395. The number of fused-ring (bicyclic) bond motifs is 1. The lowest BCUT2D eigenvalue weighted by Gasteiger charge is -2.29. The number of benzene rings is 1. The van der Waals surface area contributed by atoms with E-state index in [1.807, 2.05) is 19.1 Å². The van der Waals surface area contributed by atoms with E-state index >= 15 is 0 Å². The zero-order valence-electron chi connectivity index (χ0n) is 16.3. The zero-order valence-corrected chi connectivity index (χ0v) is 18.7. The number of aryl methyl sites for hydroxylation is 1. The van der Waals surface area contributed by atoms with Gasteiger partial charge in [0.15, 0.2) is 0 Å². The van der Waals surface area contributed by atoms with Crippen LogP contribution in [0.4, 0.5) is 11.5 Å². The highest BCUT2D eigenvalue weighted by molar-refractivity contribution is 9.10. The number of aromatic nitrogens is 1. The van der Waals surface area contributed by atoms with Gasteiger partial charge in [-0.25, -0.2) is 0 Å². The van der Waals surface area contributed by atoms with Crippen molar-refractivity contribution in [3.8, 4) is 0 Å². The number of amides is 2. The second-order valence-electron chi connectivity index (χ2n) is 6.58. The summed E-state index contributed by atoms with van der Waals surface area (Å²) in [6.07, 6.45) is 7.89. The summed E-state index contributed by atoms with van der Waals surface area (Å²) in [6.45, 7) is 5.72. The van der Waals surface area contributed by atoms with E-state index in [1.54, 1.807) is 30.6 Å². The van der Waals surface area contributed by atoms with Crippen molar-refractivity contribution < 1.29 is 9.59 Å². The number of carbonyl (C=O) groups excluding carboxylic acids is 2. The number of allylic oxidation sites excluding steroid dienone is 2. The van der Waals surface area contributed by atoms with Gasteiger partial charge >= 0.3 is 0 Å². The van der Waals surface area contributed by atoms with Crippen molar-refractivity contribution >= 4 is 62.8 Å². The average Bonchev–Trinajstić information content (AvgIpc) is 3.07. The first-order chi connectivity index (χ1) is 14.4. The molecule has 1 aliphatic rings. The van der Waals surface area contributed by atoms with E-state index in [0.29, 0.717) is 45.1 Å². The van der Waals surface area contributed by atoms with Gasteiger partial charge in [-0.1, -0.05) is 30.3 Å². The topological polar surface area (TPSA) is 89.6 Å². The summed E-state index contributed by atoms with van der Waals surface area (Å²) in [6, 6.07) is 5.39. The van der Waals surface area contributed by atoms with E-state index < -0.39 is 0 Å². The Balaban J connectivity index is 1.74. The molecule has 30 heavy (non-hydrogen) atoms. The van der Waals surface area contributed by atoms with E-state index in [0.717, 1.165) is 5.56 Å². The van der Waals surface area contributed by atoms with E-state index in [9.17, 15) is 9.59 Å². The number of carbonyl (C=O) groups is 2. The number of rotatable bonds is 7. The summed E-state index contributed by atoms with van der Waals surface area (Å²) in [5, 5.41) is 7.37. The maximum Gasteiger partial charge on any atom is 0.245 e. The Bertz CT molecular complexity index is 1040. The molecule has 2 heterocycles. The Morgan fingerprint density at radius 2 is 2.23 bits per heavy atom. The van der Waals surface area contributed by atoms with Crippen molar-refractivity contribution in [3.05, 3.63) is 63.7 Å². The fourth-order valence-corrected chi connectivity index (χ4v) is 3.82. The molecule has 0 spiro atoms. The fraction of sp³-hybridized carbons (Fsp3) is 0.190. The molecule has 0 saturated carbocycles. The van der Waals surface area contributed by atoms with Crippen LogP contribution in [-0.2, 0) is 16.0 Å². The first-order valence-electron chi connectivity index (χ1n) is 9.26. The molecular formula is C21H21BrClN5O2. The van der Waals surface area contributed by atoms with Gasteiger partial charge in [0.25, 0.3) is 0 Å². The van der Waals surface area contributed by atoms with Crippen LogP contribution in [0.5, 0.6) is 0 Å². The van der Waals surface area contributed by atoms with Gasteiger partial charge in [-0.3, -0.25) is 15.0 Å². The molecule has 0 radical (unpaired) electrons. The molecule has 3 N–H and O–H groups in total. The summed E-state index contributed by atoms with van der Waals surface area (Å²) in [5.74, 6) is -0.0180. The van der Waals surface area contributed by atoms with E-state index in [2.05, 4.69) is 43.3 Å². The molecular weight excluding hydrogens is 470 g/mol. The number of hydrogen-bond donors (Lipinski definition) is 3. The summed E-state index contributed by atoms with van der Waals surface area (Å²) < 4.78 is 0.711. The van der Waals surface area contributed by atoms with Crippen LogP contribution in [0.3, 0.4) is 0 Å². The first kappa shape index (κ1) is 21.9. The number of hydrazone groups is 1. The van der Waals surface area contributed by atoms with Crippen LogP contribution in [0.1, 0.15) is 24.5 Å². The normalized spacial score (nSPS) is 13.7. The standard InChI is InChI=1S/C21H21BrClN5O2/c1-3-4-9-25-27-13(2)20-16(22)11-24-21(20)26-18(29)12-28-17-10-15(23)7-5-14(17)6-8-19(28)30/h3-5,7,9-11,24,27H,2,6,8,12H2,1H3,(H,26,29)/b4-3-,25-9-. The Morgan fingerprint density at radius 3 is 3.00 bits per heavy atom. The lowest BCUT2D eigenvalue weighted by atomic mass is 10.0. The monoisotopic (exact) mass is 489 g/mol. The van der Waals surface area contributed by atoms with Gasteiger partial charge in [-0.05, 0) is 53.0 Å². The van der Waals surface area contributed by atoms with Crippen LogP contribution in [0, 0.1) is 0 Å². The fourth-order valence-electron chi connectivity index (χ4n) is 3.10. The van der Waals surface area contributed by atoms with E-state index in [-0.39, 0.29) is 18.4 Å². The van der Waals surface area contributed by atoms with Crippen LogP contribution in [0.2, 0.25) is 5.02 Å². The molecule has 0 fully saturated rings. The number of H-pyrrole nitrogens is 1. The second kappa shape index (κ2) is 9.77. The molecule has 9 heteroatoms. The highest BCUT2D eigenvalue weighted by Crippen LogP contribution is 2.31. The summed E-state index contributed by atoms with van der Waals surface area (Å²) in [4.78, 5) is 29.6. The molecule has 1 aliphatic heterocycles. The van der Waals surface area contributed by atoms with Gasteiger partial charge in [-0.2, -0.15) is 5.10 Å². The predicted molar refractivity (Wildman–Crippen MR) is 125 cm³/mol. The van der Waals surface area contributed by atoms with Crippen LogP contribution < -0.4 is 15.6 Å². The molecule has 0 unspecified atom stereocenters. The minimum atomic E-state index is -0.350. The average molecular weight is 491 g/mol. The van der Waals surface area contributed by atoms with Crippen molar-refractivity contribution in [2.75, 3.05) is 16.8 Å². The van der Waals surface area contributed by atoms with E-state index in [1.165, 1.54) is 4.90 Å². The van der Waals surface area contributed by atoms with Crippen molar-refractivity contribution in [1.82, 2.24) is 10.4 Å². The summed E-state index contributed by atoms with van der Waals surface area (Å²) in [5.41, 5.74) is 5.61. The maximum atomic E-state index is 12.7. The third-order valence-electron chi connectivity index (χ3n) is 4.50. The predicted octanol–water partition coefficient (Wildman–Crippen LogP) is 4.47. The second-order valence-corrected chi connectivity index (χ2v) is 7.87. The molecule has 0 atom stereocenters. The highest BCUT2D eigenvalue weighted by Gasteiger charge is 2.27. The largest absolute Gasteiger partial charge is 0.346 e. The van der Waals surface area contributed by atoms with Crippen LogP contribution in [-0.4, -0.2) is 29.6 Å². The van der Waals surface area contributed by atoms with Crippen LogP contribution >= 0.6 is 27.5 Å². The summed E-state index contributed by atoms with van der Waals surface area (Å²) in [7, 11) is 0. The highest BCUT2D eigenvalue weighted by atomic mass is 79.9. The third kappa shape index (κ3) is 5.01. The first-order valence-corrected chi connectivity index (χ1v) is 10.4. The van der Waals surface area contributed by atoms with Crippen molar-refractivity contribution in [1.29, 1.82) is 0 Å². The van der Waals surface area contributed by atoms with Gasteiger partial charge in [0.1, 0.15) is 12.4 Å². The number of nitrogens with zero attached hydrogens (tertiary/aromatic N) is 2. The Hall–Kier alpha value is -2.84. The van der Waals surface area contributed by atoms with Gasteiger partial charge < -0.3 is 15.2 Å². The zero-order chi connectivity index (χ0) is 21.7. The van der Waals surface area contributed by atoms with Gasteiger partial charge in [0, 0.05) is 34.0 Å². The molecule has 7 nitrogen and oxygen atoms in total. The Kier molecular flexibility index (Phi) is 7.12. The molecule has 0 saturated heterocycles. The smallest absolute Gasteiger partial charge is 0.245 e. The molecule has 2 amide bonds. The SMILES string of the molecule is C=C(N/N=C\C=C/C)c1c(Br)c[nH]c1NC(=O)CN1C(=O)CCc2ccc(Cl)cc21. The van der Waals surface area contributed by atoms with Crippen LogP contribution in [0.25, 0.3) is 5.70 Å². The number of halogens is 2. The van der Waals surface area contributed by atoms with Crippen molar-refractivity contribution in [2.45, 2.75) is 19.8 Å². The molecule has 0 aliphatic carbocycles. The lowest BCUT2D eigenvalue weighted by molar-refractivity contribution is -0.121. The third-order valence-corrected chi connectivity index (χ3v) is 5.36. The minimum Gasteiger partial charge on any atom is -0.346 e. The Morgan fingerprint density at radius 1 is 1.43 bits per heavy atom. The van der Waals surface area contributed by atoms with Crippen molar-refractivity contribution in [2.24, 2.45) is 5.10 Å². The van der Waals surface area contributed by atoms with Crippen molar-refractivity contribution in [3.63, 3.8) is 0 Å². The molecule has 1 aromatic heterocycles. The Labute approximate surface area is 188 Å². The number of aromatic amines is 1. The minimum absolute atomic E-state index is 0.114. The number of hydrogen-bond acceptors (Lipinski definition) is 4. The summed E-state index contributed by atoms with van der Waals surface area (Å²) >= 11 is 9.53. The van der Waals surface area contributed by atoms with E-state index in [4.69, 9.17) is 11.6 Å². The van der Waals surface area contributed by atoms with Crippen LogP contribution in [0.15, 0.2) is 52.7 Å². The van der Waals surface area contributed by atoms with Gasteiger partial charge in [-0.15, -0.1) is 0 Å². The van der Waals surface area contributed by atoms with Gasteiger partial charge in [0.2, 0.25) is 11.8 Å².